The lowest BCUT2D eigenvalue weighted by molar-refractivity contribution is 0.267. The van der Waals surface area contributed by atoms with Crippen molar-refractivity contribution < 1.29 is 9.90 Å². The van der Waals surface area contributed by atoms with E-state index in [-0.39, 0.29) is 5.75 Å². The van der Waals surface area contributed by atoms with Gasteiger partial charge in [-0.1, -0.05) is 6.07 Å². The van der Waals surface area contributed by atoms with Crippen LogP contribution in [0.25, 0.3) is 0 Å². The molecule has 1 aromatic carbocycles. The molecule has 3 nitrogen and oxygen atoms in total. The van der Waals surface area contributed by atoms with Crippen LogP contribution in [0.1, 0.15) is 5.56 Å². The van der Waals surface area contributed by atoms with E-state index in [4.69, 9.17) is 5.73 Å². The minimum atomic E-state index is -0.518. The van der Waals surface area contributed by atoms with Crippen molar-refractivity contribution in [3.63, 3.8) is 0 Å². The molecule has 1 amide bonds. The molecule has 3 N–H and O–H groups in total. The molecule has 0 atom stereocenters. The van der Waals surface area contributed by atoms with Gasteiger partial charge in [0.1, 0.15) is 5.75 Å². The normalized spacial score (nSPS) is 9.75. The van der Waals surface area contributed by atoms with E-state index in [1.54, 1.807) is 18.2 Å². The van der Waals surface area contributed by atoms with Crippen LogP contribution < -0.4 is 5.73 Å². The van der Waals surface area contributed by atoms with Crippen molar-refractivity contribution in [1.29, 1.82) is 0 Å². The number of rotatable bonds is 1. The molecule has 0 aliphatic rings. The van der Waals surface area contributed by atoms with E-state index in [0.717, 1.165) is 17.3 Å². The average Bonchev–Trinajstić information content (AvgIpc) is 1.96. The molecule has 0 radical (unpaired) electrons. The predicted molar refractivity (Wildman–Crippen MR) is 48.3 cm³/mol. The van der Waals surface area contributed by atoms with Gasteiger partial charge in [0.15, 0.2) is 0 Å². The molecule has 1 aromatic rings. The summed E-state index contributed by atoms with van der Waals surface area (Å²) in [6.07, 6.45) is 0. The maximum Gasteiger partial charge on any atom is 0.281 e. The summed E-state index contributed by atoms with van der Waals surface area (Å²) >= 11 is 0.828. The number of thioether (sulfide) groups is 1. The van der Waals surface area contributed by atoms with Gasteiger partial charge in [-0.2, -0.15) is 0 Å². The fraction of sp³-hybridized carbons (Fsp3) is 0.125. The number of aromatic hydroxyl groups is 1. The third-order valence-corrected chi connectivity index (χ3v) is 2.07. The molecule has 1 rings (SSSR count). The number of nitrogens with two attached hydrogens (primary N) is 1. The van der Waals surface area contributed by atoms with Crippen molar-refractivity contribution in [2.75, 3.05) is 0 Å². The zero-order valence-corrected chi connectivity index (χ0v) is 7.39. The molecule has 0 heterocycles. The first-order valence-electron chi connectivity index (χ1n) is 3.36. The highest BCUT2D eigenvalue weighted by Crippen LogP contribution is 2.28. The molecular weight excluding hydrogens is 174 g/mol. The van der Waals surface area contributed by atoms with Gasteiger partial charge in [-0.25, -0.2) is 0 Å². The van der Waals surface area contributed by atoms with E-state index < -0.39 is 5.24 Å². The van der Waals surface area contributed by atoms with E-state index in [1.807, 2.05) is 6.92 Å². The maximum absolute atomic E-state index is 10.5. The molecule has 0 aliphatic heterocycles. The number of phenols is 1. The van der Waals surface area contributed by atoms with E-state index in [0.29, 0.717) is 4.90 Å². The lowest BCUT2D eigenvalue weighted by Crippen LogP contribution is -2.01. The van der Waals surface area contributed by atoms with Crippen molar-refractivity contribution in [2.45, 2.75) is 11.8 Å². The average molecular weight is 183 g/mol. The van der Waals surface area contributed by atoms with Crippen molar-refractivity contribution in [1.82, 2.24) is 0 Å². The summed E-state index contributed by atoms with van der Waals surface area (Å²) in [5.74, 6) is 0.0874. The minimum Gasteiger partial charge on any atom is -0.507 e. The van der Waals surface area contributed by atoms with E-state index in [1.165, 1.54) is 0 Å². The fourth-order valence-corrected chi connectivity index (χ4v) is 1.45. The summed E-state index contributed by atoms with van der Waals surface area (Å²) < 4.78 is 0. The summed E-state index contributed by atoms with van der Waals surface area (Å²) in [5, 5.41) is 8.74. The second-order valence-electron chi connectivity index (χ2n) is 2.39. The zero-order valence-electron chi connectivity index (χ0n) is 6.57. The minimum absolute atomic E-state index is 0.0874. The molecule has 0 saturated carbocycles. The summed E-state index contributed by atoms with van der Waals surface area (Å²) in [7, 11) is 0. The van der Waals surface area contributed by atoms with Gasteiger partial charge < -0.3 is 10.8 Å². The highest BCUT2D eigenvalue weighted by atomic mass is 32.2. The number of primary amides is 1. The molecule has 0 spiro atoms. The Balaban J connectivity index is 2.97. The summed E-state index contributed by atoms with van der Waals surface area (Å²) in [4.78, 5) is 11.0. The van der Waals surface area contributed by atoms with E-state index in [2.05, 4.69) is 0 Å². The van der Waals surface area contributed by atoms with Gasteiger partial charge in [-0.15, -0.1) is 0 Å². The highest BCUT2D eigenvalue weighted by molar-refractivity contribution is 8.13. The lowest BCUT2D eigenvalue weighted by atomic mass is 10.2. The van der Waals surface area contributed by atoms with Crippen molar-refractivity contribution >= 4 is 17.0 Å². The van der Waals surface area contributed by atoms with Crippen molar-refractivity contribution in [3.8, 4) is 5.75 Å². The lowest BCUT2D eigenvalue weighted by Gasteiger charge is -2.01. The van der Waals surface area contributed by atoms with Crippen LogP contribution in [0.4, 0.5) is 4.79 Å². The summed E-state index contributed by atoms with van der Waals surface area (Å²) in [6, 6.07) is 5.02. The Hall–Kier alpha value is -1.16. The predicted octanol–water partition coefficient (Wildman–Crippen LogP) is 1.87. The number of phenolic OH excluding ortho intramolecular Hbond substituents is 1. The molecule has 0 saturated heterocycles. The number of carbonyl (C=O) groups excluding carboxylic acids is 1. The molecule has 0 aromatic heterocycles. The molecule has 0 aliphatic carbocycles. The molecule has 0 fully saturated rings. The molecule has 4 heteroatoms. The Labute approximate surface area is 74.6 Å². The molecule has 0 bridgehead atoms. The van der Waals surface area contributed by atoms with Gasteiger partial charge in [-0.3, -0.25) is 4.79 Å². The van der Waals surface area contributed by atoms with Gasteiger partial charge in [-0.05, 0) is 36.4 Å². The number of benzene rings is 1. The Morgan fingerprint density at radius 3 is 2.83 bits per heavy atom. The number of hydrogen-bond donors (Lipinski definition) is 2. The van der Waals surface area contributed by atoms with Crippen LogP contribution in [0, 0.1) is 6.92 Å². The molecular formula is C8H9NO2S. The third kappa shape index (κ3) is 2.17. The standard InChI is InChI=1S/C8H9NO2S/c1-5-2-3-6(10)7(4-5)12-8(9)11/h2-4,10H,1H3,(H2,9,11). The summed E-state index contributed by atoms with van der Waals surface area (Å²) in [6.45, 7) is 1.88. The quantitative estimate of drug-likeness (QED) is 0.653. The third-order valence-electron chi connectivity index (χ3n) is 1.33. The first-order valence-corrected chi connectivity index (χ1v) is 4.18. The first kappa shape index (κ1) is 8.93. The van der Waals surface area contributed by atoms with Gasteiger partial charge in [0.25, 0.3) is 5.24 Å². The number of amides is 1. The van der Waals surface area contributed by atoms with Gasteiger partial charge in [0, 0.05) is 0 Å². The SMILES string of the molecule is Cc1ccc(O)c(SC(N)=O)c1. The van der Waals surface area contributed by atoms with Crippen LogP contribution >= 0.6 is 11.8 Å². The Morgan fingerprint density at radius 1 is 1.58 bits per heavy atom. The second kappa shape index (κ2) is 3.49. The van der Waals surface area contributed by atoms with E-state index in [9.17, 15) is 9.90 Å². The van der Waals surface area contributed by atoms with Crippen LogP contribution in [-0.2, 0) is 0 Å². The zero-order chi connectivity index (χ0) is 9.14. The van der Waals surface area contributed by atoms with Gasteiger partial charge in [0.05, 0.1) is 4.90 Å². The maximum atomic E-state index is 10.5. The van der Waals surface area contributed by atoms with Crippen LogP contribution in [0.15, 0.2) is 23.1 Å². The molecule has 12 heavy (non-hydrogen) atoms. The topological polar surface area (TPSA) is 63.3 Å². The fourth-order valence-electron chi connectivity index (χ4n) is 0.811. The second-order valence-corrected chi connectivity index (χ2v) is 3.44. The first-order chi connectivity index (χ1) is 5.59. The highest BCUT2D eigenvalue weighted by Gasteiger charge is 2.04. The summed E-state index contributed by atoms with van der Waals surface area (Å²) in [5.41, 5.74) is 5.94. The van der Waals surface area contributed by atoms with Crippen LogP contribution in [0.2, 0.25) is 0 Å². The van der Waals surface area contributed by atoms with Crippen LogP contribution in [0.5, 0.6) is 5.75 Å². The van der Waals surface area contributed by atoms with Crippen LogP contribution in [-0.4, -0.2) is 10.3 Å². The number of carbonyl (C=O) groups is 1. The smallest absolute Gasteiger partial charge is 0.281 e. The van der Waals surface area contributed by atoms with Gasteiger partial charge in [0.2, 0.25) is 0 Å². The largest absolute Gasteiger partial charge is 0.507 e. The Kier molecular flexibility index (Phi) is 2.60. The Bertz CT molecular complexity index is 312. The molecule has 0 unspecified atom stereocenters. The van der Waals surface area contributed by atoms with Gasteiger partial charge >= 0.3 is 0 Å². The number of hydrogen-bond acceptors (Lipinski definition) is 3. The Morgan fingerprint density at radius 2 is 2.25 bits per heavy atom. The number of aryl methyl sites for hydroxylation is 1. The van der Waals surface area contributed by atoms with Crippen molar-refractivity contribution in [2.24, 2.45) is 5.73 Å². The van der Waals surface area contributed by atoms with Crippen LogP contribution in [0.3, 0.4) is 0 Å². The molecule has 64 valence electrons. The monoisotopic (exact) mass is 183 g/mol. The van der Waals surface area contributed by atoms with E-state index >= 15 is 0 Å². The van der Waals surface area contributed by atoms with Crippen molar-refractivity contribution in [3.05, 3.63) is 23.8 Å².